The van der Waals surface area contributed by atoms with Crippen LogP contribution in [0, 0.1) is 21.4 Å². The molecule has 0 aliphatic heterocycles. The van der Waals surface area contributed by atoms with E-state index in [9.17, 15) is 25.0 Å². The van der Waals surface area contributed by atoms with Crippen molar-refractivity contribution in [2.45, 2.75) is 0 Å². The van der Waals surface area contributed by atoms with Gasteiger partial charge in [-0.1, -0.05) is 30.3 Å². The van der Waals surface area contributed by atoms with Crippen molar-refractivity contribution in [2.75, 3.05) is 7.05 Å². The van der Waals surface area contributed by atoms with Gasteiger partial charge in [0, 0.05) is 19.2 Å². The summed E-state index contributed by atoms with van der Waals surface area (Å²) in [5.41, 5.74) is 0.0576. The van der Waals surface area contributed by atoms with E-state index in [1.807, 2.05) is 6.07 Å². The molecule has 0 unspecified atom stereocenters. The van der Waals surface area contributed by atoms with Crippen LogP contribution in [0.3, 0.4) is 0 Å². The van der Waals surface area contributed by atoms with E-state index in [0.717, 1.165) is 11.3 Å². The van der Waals surface area contributed by atoms with Crippen LogP contribution < -0.4 is 20.1 Å². The fourth-order valence-corrected chi connectivity index (χ4v) is 4.41. The number of hydrogen-bond donors (Lipinski definition) is 1. The first-order chi connectivity index (χ1) is 16.4. The number of aromatic nitrogens is 1. The standard InChI is InChI=1S/C24H16N4O5S/c1-26-22(29)18(14-25)24-27(15-7-3-2-4-8-15)23(30)21(34-24)13-16-11-12-20(33-16)17-9-5-6-10-19(17)28(31)32/h2-13H,1H3,(H,26,29)/b21-13+,24-18-. The highest BCUT2D eigenvalue weighted by Gasteiger charge is 2.18. The third-order valence-electron chi connectivity index (χ3n) is 4.88. The number of furan rings is 1. The molecule has 4 aromatic rings. The second-order valence-electron chi connectivity index (χ2n) is 6.93. The molecular formula is C24H16N4O5S. The van der Waals surface area contributed by atoms with E-state index in [1.165, 1.54) is 23.8 Å². The number of nitrogens with zero attached hydrogens (tertiary/aromatic N) is 3. The molecule has 1 N–H and O–H groups in total. The average molecular weight is 472 g/mol. The molecule has 168 valence electrons. The summed E-state index contributed by atoms with van der Waals surface area (Å²) < 4.78 is 7.48. The van der Waals surface area contributed by atoms with Crippen LogP contribution in [0.25, 0.3) is 28.7 Å². The summed E-state index contributed by atoms with van der Waals surface area (Å²) in [6.45, 7) is 0. The van der Waals surface area contributed by atoms with Gasteiger partial charge in [-0.05, 0) is 30.3 Å². The summed E-state index contributed by atoms with van der Waals surface area (Å²) in [5.74, 6) is -0.0540. The molecule has 0 bridgehead atoms. The Bertz CT molecular complexity index is 1620. The SMILES string of the molecule is CNC(=O)/C(C#N)=c1\s/c(=C/c2ccc(-c3ccccc3[N+](=O)[O-])o2)c(=O)n1-c1ccccc1. The summed E-state index contributed by atoms with van der Waals surface area (Å²) in [4.78, 5) is 36.4. The Morgan fingerprint density at radius 1 is 1.15 bits per heavy atom. The van der Waals surface area contributed by atoms with Crippen LogP contribution in [-0.2, 0) is 4.79 Å². The van der Waals surface area contributed by atoms with E-state index in [0.29, 0.717) is 11.3 Å². The van der Waals surface area contributed by atoms with Gasteiger partial charge >= 0.3 is 0 Å². The second kappa shape index (κ2) is 9.40. The molecule has 0 aliphatic rings. The second-order valence-corrected chi connectivity index (χ2v) is 7.96. The molecular weight excluding hydrogens is 456 g/mol. The number of carbonyl (C=O) groups excluding carboxylic acids is 1. The summed E-state index contributed by atoms with van der Waals surface area (Å²) in [6, 6.07) is 19.9. The highest BCUT2D eigenvalue weighted by atomic mass is 32.1. The average Bonchev–Trinajstić information content (AvgIpc) is 3.45. The minimum absolute atomic E-state index is 0.105. The third kappa shape index (κ3) is 4.15. The van der Waals surface area contributed by atoms with Crippen molar-refractivity contribution in [3.63, 3.8) is 0 Å². The van der Waals surface area contributed by atoms with Gasteiger partial charge in [-0.2, -0.15) is 5.26 Å². The van der Waals surface area contributed by atoms with E-state index >= 15 is 0 Å². The Hall–Kier alpha value is -4.75. The van der Waals surface area contributed by atoms with E-state index in [-0.39, 0.29) is 32.0 Å². The van der Waals surface area contributed by atoms with E-state index in [2.05, 4.69) is 5.32 Å². The van der Waals surface area contributed by atoms with E-state index < -0.39 is 16.4 Å². The topological polar surface area (TPSA) is 131 Å². The highest BCUT2D eigenvalue weighted by molar-refractivity contribution is 7.07. The highest BCUT2D eigenvalue weighted by Crippen LogP contribution is 2.30. The van der Waals surface area contributed by atoms with Crippen LogP contribution in [0.4, 0.5) is 5.69 Å². The van der Waals surface area contributed by atoms with Crippen molar-refractivity contribution in [1.82, 2.24) is 9.88 Å². The van der Waals surface area contributed by atoms with Gasteiger partial charge in [-0.25, -0.2) is 0 Å². The van der Waals surface area contributed by atoms with Crippen molar-refractivity contribution >= 4 is 34.6 Å². The van der Waals surface area contributed by atoms with E-state index in [1.54, 1.807) is 60.7 Å². The summed E-state index contributed by atoms with van der Waals surface area (Å²) in [5, 5.41) is 23.4. The number of amides is 1. The van der Waals surface area contributed by atoms with Crippen molar-refractivity contribution in [2.24, 2.45) is 0 Å². The third-order valence-corrected chi connectivity index (χ3v) is 5.98. The molecule has 1 amide bonds. The minimum atomic E-state index is -0.614. The predicted octanol–water partition coefficient (Wildman–Crippen LogP) is 2.32. The quantitative estimate of drug-likeness (QED) is 0.350. The van der Waals surface area contributed by atoms with Gasteiger partial charge in [-0.3, -0.25) is 24.3 Å². The Morgan fingerprint density at radius 2 is 1.85 bits per heavy atom. The lowest BCUT2D eigenvalue weighted by molar-refractivity contribution is -0.384. The molecule has 2 heterocycles. The van der Waals surface area contributed by atoms with Gasteiger partial charge in [0.1, 0.15) is 22.3 Å². The maximum atomic E-state index is 13.3. The minimum Gasteiger partial charge on any atom is -0.456 e. The first-order valence-electron chi connectivity index (χ1n) is 9.93. The molecule has 10 heteroatoms. The van der Waals surface area contributed by atoms with Gasteiger partial charge in [0.05, 0.1) is 20.7 Å². The summed E-state index contributed by atoms with van der Waals surface area (Å²) in [6.07, 6.45) is 1.48. The first kappa shape index (κ1) is 22.4. The normalized spacial score (nSPS) is 12.2. The van der Waals surface area contributed by atoms with E-state index in [4.69, 9.17) is 4.42 Å². The number of nitriles is 1. The number of rotatable bonds is 5. The number of nitro benzene ring substituents is 1. The first-order valence-corrected chi connectivity index (χ1v) is 10.8. The zero-order chi connectivity index (χ0) is 24.2. The van der Waals surface area contributed by atoms with Crippen LogP contribution in [0.5, 0.6) is 0 Å². The van der Waals surface area contributed by atoms with Gasteiger partial charge < -0.3 is 9.73 Å². The summed E-state index contributed by atoms with van der Waals surface area (Å²) in [7, 11) is 1.40. The molecule has 0 aliphatic carbocycles. The lowest BCUT2D eigenvalue weighted by Crippen LogP contribution is -2.33. The fourth-order valence-electron chi connectivity index (χ4n) is 3.33. The van der Waals surface area contributed by atoms with Crippen molar-refractivity contribution in [1.29, 1.82) is 5.26 Å². The molecule has 0 spiro atoms. The molecule has 0 atom stereocenters. The Balaban J connectivity index is 1.93. The predicted molar refractivity (Wildman–Crippen MR) is 127 cm³/mol. The van der Waals surface area contributed by atoms with Crippen molar-refractivity contribution in [3.05, 3.63) is 102 Å². The number of hydrogen-bond acceptors (Lipinski definition) is 7. The van der Waals surface area contributed by atoms with Crippen LogP contribution in [0.15, 0.2) is 75.9 Å². The molecule has 0 fully saturated rings. The molecule has 9 nitrogen and oxygen atoms in total. The monoisotopic (exact) mass is 472 g/mol. The zero-order valence-electron chi connectivity index (χ0n) is 17.7. The van der Waals surface area contributed by atoms with Gasteiger partial charge in [-0.15, -0.1) is 11.3 Å². The smallest absolute Gasteiger partial charge is 0.280 e. The maximum absolute atomic E-state index is 13.3. The summed E-state index contributed by atoms with van der Waals surface area (Å²) >= 11 is 0.972. The number of carbonyl (C=O) groups is 1. The van der Waals surface area contributed by atoms with Gasteiger partial charge in [0.15, 0.2) is 5.57 Å². The lowest BCUT2D eigenvalue weighted by Gasteiger charge is -2.02. The van der Waals surface area contributed by atoms with Gasteiger partial charge in [0.2, 0.25) is 0 Å². The molecule has 0 radical (unpaired) electrons. The van der Waals surface area contributed by atoms with Gasteiger partial charge in [0.25, 0.3) is 17.2 Å². The molecule has 0 saturated heterocycles. The largest absolute Gasteiger partial charge is 0.456 e. The van der Waals surface area contributed by atoms with Crippen LogP contribution in [0.2, 0.25) is 0 Å². The number of nitrogens with one attached hydrogen (secondary N) is 1. The zero-order valence-corrected chi connectivity index (χ0v) is 18.5. The Labute approximate surface area is 196 Å². The number of para-hydroxylation sites is 2. The maximum Gasteiger partial charge on any atom is 0.280 e. The van der Waals surface area contributed by atoms with Crippen LogP contribution in [-0.4, -0.2) is 22.4 Å². The number of nitro groups is 1. The number of thiazole rings is 1. The fraction of sp³-hybridized carbons (Fsp3) is 0.0417. The molecule has 2 aromatic heterocycles. The van der Waals surface area contributed by atoms with Crippen molar-refractivity contribution < 1.29 is 14.1 Å². The Kier molecular flexibility index (Phi) is 6.20. The molecule has 2 aromatic carbocycles. The molecule has 0 saturated carbocycles. The van der Waals surface area contributed by atoms with Crippen LogP contribution in [0.1, 0.15) is 5.76 Å². The van der Waals surface area contributed by atoms with Crippen LogP contribution >= 0.6 is 11.3 Å². The molecule has 4 rings (SSSR count). The Morgan fingerprint density at radius 3 is 2.53 bits per heavy atom. The number of benzene rings is 2. The molecule has 34 heavy (non-hydrogen) atoms. The lowest BCUT2D eigenvalue weighted by atomic mass is 10.1. The van der Waals surface area contributed by atoms with Crippen molar-refractivity contribution in [3.8, 4) is 23.1 Å².